The van der Waals surface area contributed by atoms with Gasteiger partial charge in [0.1, 0.15) is 24.3 Å². The van der Waals surface area contributed by atoms with Crippen molar-refractivity contribution >= 4 is 6.21 Å². The highest BCUT2D eigenvalue weighted by Gasteiger charge is 2.46. The largest absolute Gasteiger partial charge is 0.573 e. The predicted molar refractivity (Wildman–Crippen MR) is 129 cm³/mol. The zero-order valence-corrected chi connectivity index (χ0v) is 21.0. The van der Waals surface area contributed by atoms with Crippen molar-refractivity contribution in [3.63, 3.8) is 0 Å². The van der Waals surface area contributed by atoms with Gasteiger partial charge >= 0.3 is 6.36 Å². The molecule has 1 saturated heterocycles. The number of alkyl halides is 3. The molecule has 0 N–H and O–H groups in total. The zero-order chi connectivity index (χ0) is 27.3. The summed E-state index contributed by atoms with van der Waals surface area (Å²) >= 11 is 0. The Labute approximate surface area is 216 Å². The van der Waals surface area contributed by atoms with E-state index < -0.39 is 24.9 Å². The van der Waals surface area contributed by atoms with Gasteiger partial charge in [-0.3, -0.25) is 0 Å². The molecule has 3 aromatic rings. The van der Waals surface area contributed by atoms with Crippen LogP contribution in [0.2, 0.25) is 0 Å². The summed E-state index contributed by atoms with van der Waals surface area (Å²) in [7, 11) is 4.68. The Kier molecular flexibility index (Phi) is 8.62. The molecule has 1 aliphatic heterocycles. The van der Waals surface area contributed by atoms with Gasteiger partial charge in [0, 0.05) is 33.0 Å². The predicted octanol–water partition coefficient (Wildman–Crippen LogP) is 3.97. The maximum Gasteiger partial charge on any atom is 0.573 e. The Morgan fingerprint density at radius 1 is 0.974 bits per heavy atom. The van der Waals surface area contributed by atoms with Crippen LogP contribution in [-0.2, 0) is 23.8 Å². The summed E-state index contributed by atoms with van der Waals surface area (Å²) in [6, 6.07) is 12.6. The second-order valence-electron chi connectivity index (χ2n) is 8.33. The Balaban J connectivity index is 1.40. The summed E-state index contributed by atoms with van der Waals surface area (Å²) in [5, 5.41) is 8.40. The van der Waals surface area contributed by atoms with Gasteiger partial charge in [0.05, 0.1) is 18.0 Å². The van der Waals surface area contributed by atoms with Gasteiger partial charge in [0.25, 0.3) is 6.29 Å². The third-order valence-electron chi connectivity index (χ3n) is 5.89. The molecule has 0 aliphatic carbocycles. The normalized spacial score (nSPS) is 24.0. The molecule has 4 rings (SSSR count). The van der Waals surface area contributed by atoms with Crippen LogP contribution in [0.3, 0.4) is 0 Å². The number of aromatic nitrogens is 3. The number of rotatable bonds is 9. The third-order valence-corrected chi connectivity index (χ3v) is 5.89. The lowest BCUT2D eigenvalue weighted by Crippen LogP contribution is -2.59. The molecule has 38 heavy (non-hydrogen) atoms. The quantitative estimate of drug-likeness (QED) is 0.299. The van der Waals surface area contributed by atoms with Crippen LogP contribution in [0.4, 0.5) is 13.2 Å². The first-order chi connectivity index (χ1) is 18.2. The molecule has 0 amide bonds. The topological polar surface area (TPSA) is 98.5 Å². The van der Waals surface area contributed by atoms with Crippen molar-refractivity contribution in [1.29, 1.82) is 0 Å². The average Bonchev–Trinajstić information content (AvgIpc) is 3.38. The number of ether oxygens (including phenoxy) is 5. The first-order valence-corrected chi connectivity index (χ1v) is 11.5. The molecule has 204 valence electrons. The molecule has 1 aliphatic rings. The van der Waals surface area contributed by atoms with E-state index in [0.29, 0.717) is 17.1 Å². The number of oxime groups is 1. The van der Waals surface area contributed by atoms with Gasteiger partial charge < -0.3 is 28.5 Å². The molecule has 0 saturated carbocycles. The van der Waals surface area contributed by atoms with Gasteiger partial charge in [-0.2, -0.15) is 0 Å². The van der Waals surface area contributed by atoms with Gasteiger partial charge in [-0.05, 0) is 24.6 Å². The highest BCUT2D eigenvalue weighted by molar-refractivity contribution is 5.80. The van der Waals surface area contributed by atoms with E-state index in [0.717, 1.165) is 5.56 Å². The number of nitrogens with zero attached hydrogens (tertiary/aromatic N) is 4. The second-order valence-corrected chi connectivity index (χ2v) is 8.33. The van der Waals surface area contributed by atoms with E-state index in [1.807, 2.05) is 6.92 Å². The molecule has 2 aromatic carbocycles. The molecule has 0 bridgehead atoms. The minimum absolute atomic E-state index is 0.303. The van der Waals surface area contributed by atoms with E-state index in [-0.39, 0.29) is 18.0 Å². The van der Waals surface area contributed by atoms with E-state index in [9.17, 15) is 13.2 Å². The van der Waals surface area contributed by atoms with Crippen molar-refractivity contribution in [2.45, 2.75) is 44.0 Å². The van der Waals surface area contributed by atoms with Crippen molar-refractivity contribution in [2.24, 2.45) is 5.16 Å². The molecule has 0 spiro atoms. The smallest absolute Gasteiger partial charge is 0.406 e. The van der Waals surface area contributed by atoms with E-state index >= 15 is 0 Å². The van der Waals surface area contributed by atoms with E-state index in [2.05, 4.69) is 20.0 Å². The molecule has 5 atom stereocenters. The zero-order valence-electron chi connectivity index (χ0n) is 21.0. The molecular weight excluding hydrogens is 509 g/mol. The third kappa shape index (κ3) is 6.48. The average molecular weight is 537 g/mol. The lowest BCUT2D eigenvalue weighted by atomic mass is 9.99. The summed E-state index contributed by atoms with van der Waals surface area (Å²) in [6.45, 7) is 1.85. The maximum atomic E-state index is 12.5. The SMILES string of the molecule is CO[C@@H]1[C@@H](OC)[C@H](C)O[C@@H](O/N=C/c2ccc(-c3ncn(-c4cccc(OC(F)(F)F)c4)n3)cc2)[C@@H]1OC. The van der Waals surface area contributed by atoms with Gasteiger partial charge in [-0.25, -0.2) is 9.67 Å². The molecule has 10 nitrogen and oxygen atoms in total. The fraction of sp³-hybridized carbons (Fsp3) is 0.400. The van der Waals surface area contributed by atoms with Gasteiger partial charge in [0.15, 0.2) is 11.9 Å². The van der Waals surface area contributed by atoms with Gasteiger partial charge in [0.2, 0.25) is 0 Å². The fourth-order valence-corrected chi connectivity index (χ4v) is 4.11. The number of benzene rings is 2. The molecule has 1 fully saturated rings. The summed E-state index contributed by atoms with van der Waals surface area (Å²) in [4.78, 5) is 9.82. The molecule has 0 unspecified atom stereocenters. The molecule has 2 heterocycles. The van der Waals surface area contributed by atoms with Crippen molar-refractivity contribution < 1.29 is 41.7 Å². The lowest BCUT2D eigenvalue weighted by molar-refractivity contribution is -0.305. The second kappa shape index (κ2) is 11.9. The van der Waals surface area contributed by atoms with Crippen LogP contribution in [-0.4, -0.2) is 79.4 Å². The van der Waals surface area contributed by atoms with Crippen LogP contribution < -0.4 is 4.74 Å². The van der Waals surface area contributed by atoms with Gasteiger partial charge in [-0.15, -0.1) is 18.3 Å². The summed E-state index contributed by atoms with van der Waals surface area (Å²) in [6.07, 6.45) is -4.23. The maximum absolute atomic E-state index is 12.5. The van der Waals surface area contributed by atoms with Crippen molar-refractivity contribution in [3.05, 3.63) is 60.4 Å². The summed E-state index contributed by atoms with van der Waals surface area (Å²) in [5.74, 6) is 0.0387. The van der Waals surface area contributed by atoms with Crippen LogP contribution in [0.15, 0.2) is 60.0 Å². The monoisotopic (exact) mass is 536 g/mol. The van der Waals surface area contributed by atoms with E-state index in [1.54, 1.807) is 44.6 Å². The Bertz CT molecular complexity index is 1220. The Morgan fingerprint density at radius 3 is 2.34 bits per heavy atom. The highest BCUT2D eigenvalue weighted by atomic mass is 19.4. The highest BCUT2D eigenvalue weighted by Crippen LogP contribution is 2.28. The minimum Gasteiger partial charge on any atom is -0.406 e. The molecule has 0 radical (unpaired) electrons. The van der Waals surface area contributed by atoms with E-state index in [1.165, 1.54) is 42.5 Å². The first kappa shape index (κ1) is 27.5. The molecular formula is C25H27F3N4O6. The summed E-state index contributed by atoms with van der Waals surface area (Å²) in [5.41, 5.74) is 1.80. The number of halogens is 3. The molecule has 1 aromatic heterocycles. The lowest BCUT2D eigenvalue weighted by Gasteiger charge is -2.42. The van der Waals surface area contributed by atoms with Crippen LogP contribution in [0.1, 0.15) is 12.5 Å². The Hall–Kier alpha value is -3.52. The van der Waals surface area contributed by atoms with Crippen LogP contribution in [0.5, 0.6) is 5.75 Å². The van der Waals surface area contributed by atoms with Crippen LogP contribution in [0.25, 0.3) is 17.1 Å². The minimum atomic E-state index is -4.78. The van der Waals surface area contributed by atoms with E-state index in [4.69, 9.17) is 23.8 Å². The van der Waals surface area contributed by atoms with Crippen LogP contribution in [0, 0.1) is 0 Å². The number of hydrogen-bond donors (Lipinski definition) is 0. The number of hydrogen-bond acceptors (Lipinski definition) is 9. The van der Waals surface area contributed by atoms with Crippen LogP contribution >= 0.6 is 0 Å². The Morgan fingerprint density at radius 2 is 1.68 bits per heavy atom. The standard InChI is InChI=1S/C25H27F3N4O6/c1-15-20(33-2)21(34-3)22(35-4)24(36-15)38-30-13-16-8-10-17(11-9-16)23-29-14-32(31-23)18-6-5-7-19(12-18)37-25(26,27)28/h5-15,20-22,24H,1-4H3/b30-13+/t15-,20-,21+,22+,24-/m0/s1. The fourth-order valence-electron chi connectivity index (χ4n) is 4.11. The van der Waals surface area contributed by atoms with Crippen molar-refractivity contribution in [1.82, 2.24) is 14.8 Å². The van der Waals surface area contributed by atoms with Crippen molar-refractivity contribution in [3.8, 4) is 22.8 Å². The number of methoxy groups -OCH3 is 3. The first-order valence-electron chi connectivity index (χ1n) is 11.5. The molecule has 13 heteroatoms. The summed E-state index contributed by atoms with van der Waals surface area (Å²) < 4.78 is 65.3. The van der Waals surface area contributed by atoms with Crippen molar-refractivity contribution in [2.75, 3.05) is 21.3 Å². The van der Waals surface area contributed by atoms with Gasteiger partial charge in [-0.1, -0.05) is 35.5 Å².